The molecule has 1 aromatic rings. The van der Waals surface area contributed by atoms with Crippen LogP contribution in [0, 0.1) is 5.92 Å². The van der Waals surface area contributed by atoms with Gasteiger partial charge in [-0.25, -0.2) is 13.1 Å². The lowest BCUT2D eigenvalue weighted by Crippen LogP contribution is -2.26. The fourth-order valence-corrected chi connectivity index (χ4v) is 3.09. The van der Waals surface area contributed by atoms with E-state index in [1.54, 1.807) is 18.2 Å². The van der Waals surface area contributed by atoms with Crippen LogP contribution in [0.5, 0.6) is 5.75 Å². The summed E-state index contributed by atoms with van der Waals surface area (Å²) >= 11 is 0. The average Bonchev–Trinajstić information content (AvgIpc) is 2.44. The molecule has 0 aliphatic rings. The van der Waals surface area contributed by atoms with Crippen molar-refractivity contribution in [1.29, 1.82) is 0 Å². The number of carbonyl (C=O) groups is 1. The normalized spacial score (nSPS) is 12.9. The third-order valence-electron chi connectivity index (χ3n) is 3.14. The molecule has 0 amide bonds. The zero-order chi connectivity index (χ0) is 15.9. The van der Waals surface area contributed by atoms with Crippen molar-refractivity contribution < 1.29 is 23.1 Å². The van der Waals surface area contributed by atoms with Crippen molar-refractivity contribution in [2.45, 2.75) is 31.1 Å². The molecule has 0 fully saturated rings. The van der Waals surface area contributed by atoms with E-state index < -0.39 is 16.0 Å². The first-order valence-electron chi connectivity index (χ1n) is 6.71. The molecule has 0 spiro atoms. The number of nitrogens with one attached hydrogen (secondary N) is 1. The molecule has 0 saturated carbocycles. The quantitative estimate of drug-likeness (QED) is 0.725. The number of methoxy groups -OCH3 is 1. The van der Waals surface area contributed by atoms with Gasteiger partial charge in [0.1, 0.15) is 10.6 Å². The molecule has 0 aliphatic heterocycles. The molecule has 6 nitrogen and oxygen atoms in total. The largest absolute Gasteiger partial charge is 0.495 e. The van der Waals surface area contributed by atoms with Crippen LogP contribution in [0.2, 0.25) is 0 Å². The smallest absolute Gasteiger partial charge is 0.303 e. The number of carboxylic acids is 1. The van der Waals surface area contributed by atoms with Crippen LogP contribution in [0.15, 0.2) is 29.2 Å². The second kappa shape index (κ2) is 7.99. The Morgan fingerprint density at radius 1 is 1.33 bits per heavy atom. The molecule has 1 atom stereocenters. The molecular formula is C14H21NO5S. The fraction of sp³-hybridized carbons (Fsp3) is 0.500. The lowest BCUT2D eigenvalue weighted by atomic mass is 10.0. The first-order chi connectivity index (χ1) is 9.86. The van der Waals surface area contributed by atoms with E-state index >= 15 is 0 Å². The maximum atomic E-state index is 12.2. The third kappa shape index (κ3) is 5.73. The Kier molecular flexibility index (Phi) is 6.64. The minimum atomic E-state index is -3.62. The number of hydrogen-bond donors (Lipinski definition) is 2. The lowest BCUT2D eigenvalue weighted by molar-refractivity contribution is -0.137. The van der Waals surface area contributed by atoms with Gasteiger partial charge in [-0.15, -0.1) is 0 Å². The van der Waals surface area contributed by atoms with Gasteiger partial charge < -0.3 is 9.84 Å². The molecule has 1 unspecified atom stereocenters. The molecular weight excluding hydrogens is 294 g/mol. The lowest BCUT2D eigenvalue weighted by Gasteiger charge is -2.13. The highest BCUT2D eigenvalue weighted by molar-refractivity contribution is 7.89. The molecule has 0 bridgehead atoms. The van der Waals surface area contributed by atoms with E-state index in [2.05, 4.69) is 4.72 Å². The van der Waals surface area contributed by atoms with Gasteiger partial charge in [0.25, 0.3) is 0 Å². The third-order valence-corrected chi connectivity index (χ3v) is 4.64. The van der Waals surface area contributed by atoms with Crippen molar-refractivity contribution >= 4 is 16.0 Å². The van der Waals surface area contributed by atoms with Crippen LogP contribution in [0.1, 0.15) is 26.2 Å². The topological polar surface area (TPSA) is 92.7 Å². The highest BCUT2D eigenvalue weighted by Crippen LogP contribution is 2.22. The first-order valence-corrected chi connectivity index (χ1v) is 8.19. The number of para-hydroxylation sites is 1. The van der Waals surface area contributed by atoms with Crippen LogP contribution in [0.4, 0.5) is 0 Å². The van der Waals surface area contributed by atoms with Gasteiger partial charge in [-0.3, -0.25) is 4.79 Å². The van der Waals surface area contributed by atoms with Gasteiger partial charge >= 0.3 is 5.97 Å². The number of rotatable bonds is 9. The molecule has 7 heteroatoms. The Balaban J connectivity index is 2.56. The van der Waals surface area contributed by atoms with E-state index in [9.17, 15) is 13.2 Å². The van der Waals surface area contributed by atoms with Crippen molar-refractivity contribution in [3.63, 3.8) is 0 Å². The standard InChI is InChI=1S/C14H21NO5S/c1-11(7-8-14(16)17)9-10-15-21(18,19)13-6-4-3-5-12(13)20-2/h3-6,11,15H,7-10H2,1-2H3,(H,16,17). The highest BCUT2D eigenvalue weighted by Gasteiger charge is 2.18. The molecule has 0 saturated heterocycles. The maximum absolute atomic E-state index is 12.2. The molecule has 0 aliphatic carbocycles. The van der Waals surface area contributed by atoms with E-state index in [-0.39, 0.29) is 23.8 Å². The van der Waals surface area contributed by atoms with Gasteiger partial charge in [0.15, 0.2) is 0 Å². The molecule has 1 aromatic carbocycles. The molecule has 1 rings (SSSR count). The number of sulfonamides is 1. The summed E-state index contributed by atoms with van der Waals surface area (Å²) in [6.45, 7) is 2.17. The predicted octanol–water partition coefficient (Wildman–Crippen LogP) is 1.86. The van der Waals surface area contributed by atoms with Crippen molar-refractivity contribution in [2.75, 3.05) is 13.7 Å². The van der Waals surface area contributed by atoms with Crippen LogP contribution < -0.4 is 9.46 Å². The Bertz CT molecular complexity index is 570. The van der Waals surface area contributed by atoms with E-state index in [0.29, 0.717) is 18.6 Å². The van der Waals surface area contributed by atoms with Crippen LogP contribution in [-0.2, 0) is 14.8 Å². The van der Waals surface area contributed by atoms with Gasteiger partial charge in [0, 0.05) is 13.0 Å². The van der Waals surface area contributed by atoms with Gasteiger partial charge in [-0.05, 0) is 30.9 Å². The van der Waals surface area contributed by atoms with E-state index in [1.807, 2.05) is 6.92 Å². The van der Waals surface area contributed by atoms with Crippen molar-refractivity contribution in [3.05, 3.63) is 24.3 Å². The second-order valence-electron chi connectivity index (χ2n) is 4.87. The zero-order valence-electron chi connectivity index (χ0n) is 12.2. The number of hydrogen-bond acceptors (Lipinski definition) is 4. The summed E-state index contributed by atoms with van der Waals surface area (Å²) in [5.41, 5.74) is 0. The summed E-state index contributed by atoms with van der Waals surface area (Å²) < 4.78 is 31.9. The van der Waals surface area contributed by atoms with Crippen LogP contribution in [-0.4, -0.2) is 33.1 Å². The SMILES string of the molecule is COc1ccccc1S(=O)(=O)NCCC(C)CCC(=O)O. The predicted molar refractivity (Wildman–Crippen MR) is 78.8 cm³/mol. The number of aliphatic carboxylic acids is 1. The van der Waals surface area contributed by atoms with E-state index in [4.69, 9.17) is 9.84 Å². The average molecular weight is 315 g/mol. The second-order valence-corrected chi connectivity index (χ2v) is 6.61. The van der Waals surface area contributed by atoms with Crippen LogP contribution in [0.3, 0.4) is 0 Å². The summed E-state index contributed by atoms with van der Waals surface area (Å²) in [6, 6.07) is 6.40. The summed E-state index contributed by atoms with van der Waals surface area (Å²) in [7, 11) is -2.20. The van der Waals surface area contributed by atoms with Crippen LogP contribution >= 0.6 is 0 Å². The van der Waals surface area contributed by atoms with Gasteiger partial charge in [-0.1, -0.05) is 19.1 Å². The molecule has 0 heterocycles. The minimum absolute atomic E-state index is 0.0976. The van der Waals surface area contributed by atoms with Crippen LogP contribution in [0.25, 0.3) is 0 Å². The first kappa shape index (κ1) is 17.5. The summed E-state index contributed by atoms with van der Waals surface area (Å²) in [5, 5.41) is 8.60. The Hall–Kier alpha value is -1.60. The molecule has 2 N–H and O–H groups in total. The molecule has 0 radical (unpaired) electrons. The summed E-state index contributed by atoms with van der Waals surface area (Å²) in [4.78, 5) is 10.6. The van der Waals surface area contributed by atoms with E-state index in [0.717, 1.165) is 0 Å². The van der Waals surface area contributed by atoms with Gasteiger partial charge in [0.2, 0.25) is 10.0 Å². The Morgan fingerprint density at radius 2 is 2.00 bits per heavy atom. The monoisotopic (exact) mass is 315 g/mol. The van der Waals surface area contributed by atoms with Gasteiger partial charge in [0.05, 0.1) is 7.11 Å². The Labute approximate surface area is 125 Å². The van der Waals surface area contributed by atoms with E-state index in [1.165, 1.54) is 13.2 Å². The number of ether oxygens (including phenoxy) is 1. The number of benzene rings is 1. The highest BCUT2D eigenvalue weighted by atomic mass is 32.2. The summed E-state index contributed by atoms with van der Waals surface area (Å²) in [5.74, 6) is -0.401. The van der Waals surface area contributed by atoms with Crippen molar-refractivity contribution in [2.24, 2.45) is 5.92 Å². The fourth-order valence-electron chi connectivity index (χ4n) is 1.87. The summed E-state index contributed by atoms with van der Waals surface area (Å²) in [6.07, 6.45) is 1.22. The van der Waals surface area contributed by atoms with Crippen molar-refractivity contribution in [3.8, 4) is 5.75 Å². The minimum Gasteiger partial charge on any atom is -0.495 e. The zero-order valence-corrected chi connectivity index (χ0v) is 13.0. The van der Waals surface area contributed by atoms with Crippen molar-refractivity contribution in [1.82, 2.24) is 4.72 Å². The molecule has 0 aromatic heterocycles. The maximum Gasteiger partial charge on any atom is 0.303 e. The molecule has 118 valence electrons. The number of carboxylic acid groups (broad SMARTS) is 1. The molecule has 21 heavy (non-hydrogen) atoms. The Morgan fingerprint density at radius 3 is 2.62 bits per heavy atom. The van der Waals surface area contributed by atoms with Gasteiger partial charge in [-0.2, -0.15) is 0 Å².